The maximum atomic E-state index is 13.5. The van der Waals surface area contributed by atoms with Crippen molar-refractivity contribution in [2.75, 3.05) is 5.32 Å². The first-order valence-corrected chi connectivity index (χ1v) is 6.09. The molecular weight excluding hydrogens is 301 g/mol. The Morgan fingerprint density at radius 2 is 2.22 bits per heavy atom. The van der Waals surface area contributed by atoms with Crippen LogP contribution < -0.4 is 5.32 Å². The lowest BCUT2D eigenvalue weighted by atomic mass is 10.2. The van der Waals surface area contributed by atoms with Gasteiger partial charge in [0.25, 0.3) is 0 Å². The smallest absolute Gasteiger partial charge is 0.222 e. The molecule has 2 aromatic rings. The summed E-state index contributed by atoms with van der Waals surface area (Å²) in [5.41, 5.74) is 0.543. The molecule has 2 rings (SSSR count). The molecule has 0 fully saturated rings. The molecule has 0 saturated carbocycles. The summed E-state index contributed by atoms with van der Waals surface area (Å²) in [5.74, 6) is -0.0455. The van der Waals surface area contributed by atoms with Crippen molar-refractivity contribution in [3.8, 4) is 0 Å². The van der Waals surface area contributed by atoms with Gasteiger partial charge in [-0.05, 0) is 22.0 Å². The molecule has 0 unspecified atom stereocenters. The van der Waals surface area contributed by atoms with Crippen molar-refractivity contribution in [2.24, 2.45) is 0 Å². The first kappa shape index (κ1) is 12.8. The van der Waals surface area contributed by atoms with Crippen LogP contribution in [0.4, 0.5) is 10.2 Å². The maximum absolute atomic E-state index is 13.5. The highest BCUT2D eigenvalue weighted by atomic mass is 79.9. The average Bonchev–Trinajstić information content (AvgIpc) is 2.62. The molecule has 0 aliphatic heterocycles. The molecular formula is C12H11BrFN3O. The second-order valence-corrected chi connectivity index (χ2v) is 4.65. The minimum absolute atomic E-state index is 0.202. The van der Waals surface area contributed by atoms with Crippen molar-refractivity contribution < 1.29 is 9.18 Å². The number of carbonyl (C=O) groups excluding carboxylic acids is 1. The number of aromatic nitrogens is 2. The summed E-state index contributed by atoms with van der Waals surface area (Å²) < 4.78 is 15.7. The van der Waals surface area contributed by atoms with Gasteiger partial charge in [0.1, 0.15) is 5.82 Å². The van der Waals surface area contributed by atoms with Crippen molar-refractivity contribution in [3.63, 3.8) is 0 Å². The first-order chi connectivity index (χ1) is 8.56. The summed E-state index contributed by atoms with van der Waals surface area (Å²) in [4.78, 5) is 10.9. The standard InChI is InChI=1S/C12H11BrFN3O/c1-8(18)15-12-10(13)7-17(16-12)6-9-4-2-3-5-11(9)14/h2-5,7H,6H2,1H3,(H,15,16,18). The van der Waals surface area contributed by atoms with Gasteiger partial charge in [-0.3, -0.25) is 9.48 Å². The second kappa shape index (κ2) is 5.30. The van der Waals surface area contributed by atoms with E-state index in [-0.39, 0.29) is 11.7 Å². The van der Waals surface area contributed by atoms with Crippen LogP contribution in [-0.2, 0) is 11.3 Å². The van der Waals surface area contributed by atoms with Crippen molar-refractivity contribution in [1.82, 2.24) is 9.78 Å². The van der Waals surface area contributed by atoms with Crippen LogP contribution in [0.3, 0.4) is 0 Å². The van der Waals surface area contributed by atoms with E-state index in [4.69, 9.17) is 0 Å². The summed E-state index contributed by atoms with van der Waals surface area (Å²) in [6, 6.07) is 6.51. The van der Waals surface area contributed by atoms with Crippen LogP contribution in [0.25, 0.3) is 0 Å². The first-order valence-electron chi connectivity index (χ1n) is 5.30. The molecule has 0 bridgehead atoms. The molecule has 18 heavy (non-hydrogen) atoms. The molecule has 0 aliphatic rings. The van der Waals surface area contributed by atoms with E-state index in [9.17, 15) is 9.18 Å². The lowest BCUT2D eigenvalue weighted by Gasteiger charge is -2.02. The highest BCUT2D eigenvalue weighted by Gasteiger charge is 2.09. The molecule has 94 valence electrons. The predicted molar refractivity (Wildman–Crippen MR) is 69.7 cm³/mol. The predicted octanol–water partition coefficient (Wildman–Crippen LogP) is 2.79. The SMILES string of the molecule is CC(=O)Nc1nn(Cc2ccccc2F)cc1Br. The van der Waals surface area contributed by atoms with Gasteiger partial charge in [0.05, 0.1) is 11.0 Å². The molecule has 0 aliphatic carbocycles. The monoisotopic (exact) mass is 311 g/mol. The zero-order chi connectivity index (χ0) is 13.1. The highest BCUT2D eigenvalue weighted by Crippen LogP contribution is 2.21. The lowest BCUT2D eigenvalue weighted by Crippen LogP contribution is -2.08. The topological polar surface area (TPSA) is 46.9 Å². The second-order valence-electron chi connectivity index (χ2n) is 3.80. The zero-order valence-corrected chi connectivity index (χ0v) is 11.2. The van der Waals surface area contributed by atoms with Crippen LogP contribution in [0.1, 0.15) is 12.5 Å². The molecule has 1 aromatic heterocycles. The summed E-state index contributed by atoms with van der Waals surface area (Å²) in [7, 11) is 0. The van der Waals surface area contributed by atoms with Gasteiger partial charge in [-0.1, -0.05) is 18.2 Å². The molecule has 1 heterocycles. The van der Waals surface area contributed by atoms with E-state index >= 15 is 0 Å². The summed E-state index contributed by atoms with van der Waals surface area (Å²) in [6.45, 7) is 1.72. The number of nitrogens with one attached hydrogen (secondary N) is 1. The van der Waals surface area contributed by atoms with E-state index in [0.29, 0.717) is 22.4 Å². The third-order valence-electron chi connectivity index (χ3n) is 2.30. The van der Waals surface area contributed by atoms with Crippen LogP contribution >= 0.6 is 15.9 Å². The fourth-order valence-corrected chi connectivity index (χ4v) is 1.95. The van der Waals surface area contributed by atoms with Crippen LogP contribution in [-0.4, -0.2) is 15.7 Å². The Bertz CT molecular complexity index is 582. The Morgan fingerprint density at radius 3 is 2.89 bits per heavy atom. The number of benzene rings is 1. The van der Waals surface area contributed by atoms with Gasteiger partial charge in [-0.2, -0.15) is 5.10 Å². The Hall–Kier alpha value is -1.69. The van der Waals surface area contributed by atoms with Crippen LogP contribution in [0.5, 0.6) is 0 Å². The van der Waals surface area contributed by atoms with Gasteiger partial charge >= 0.3 is 0 Å². The lowest BCUT2D eigenvalue weighted by molar-refractivity contribution is -0.114. The average molecular weight is 312 g/mol. The Kier molecular flexibility index (Phi) is 3.76. The Balaban J connectivity index is 2.20. The van der Waals surface area contributed by atoms with Gasteiger partial charge in [-0.15, -0.1) is 0 Å². The fraction of sp³-hybridized carbons (Fsp3) is 0.167. The number of hydrogen-bond acceptors (Lipinski definition) is 2. The molecule has 0 radical (unpaired) electrons. The maximum Gasteiger partial charge on any atom is 0.222 e. The van der Waals surface area contributed by atoms with E-state index < -0.39 is 0 Å². The van der Waals surface area contributed by atoms with Gasteiger partial charge in [0.15, 0.2) is 5.82 Å². The van der Waals surface area contributed by atoms with Gasteiger partial charge in [0.2, 0.25) is 5.91 Å². The number of halogens is 2. The van der Waals surface area contributed by atoms with E-state index in [2.05, 4.69) is 26.3 Å². The highest BCUT2D eigenvalue weighted by molar-refractivity contribution is 9.10. The van der Waals surface area contributed by atoms with Crippen molar-refractivity contribution in [3.05, 3.63) is 46.3 Å². The molecule has 6 heteroatoms. The minimum atomic E-state index is -0.273. The number of amides is 1. The number of rotatable bonds is 3. The Morgan fingerprint density at radius 1 is 1.50 bits per heavy atom. The van der Waals surface area contributed by atoms with Gasteiger partial charge in [-0.25, -0.2) is 4.39 Å². The minimum Gasteiger partial charge on any atom is -0.309 e. The van der Waals surface area contributed by atoms with E-state index in [0.717, 1.165) is 0 Å². The van der Waals surface area contributed by atoms with Gasteiger partial charge in [0, 0.05) is 18.7 Å². The molecule has 1 aromatic carbocycles. The molecule has 0 atom stereocenters. The largest absolute Gasteiger partial charge is 0.309 e. The zero-order valence-electron chi connectivity index (χ0n) is 9.65. The summed E-state index contributed by atoms with van der Waals surface area (Å²) in [6.07, 6.45) is 1.69. The molecule has 0 spiro atoms. The number of anilines is 1. The number of carbonyl (C=O) groups is 1. The number of nitrogens with zero attached hydrogens (tertiary/aromatic N) is 2. The summed E-state index contributed by atoms with van der Waals surface area (Å²) in [5, 5.41) is 6.74. The van der Waals surface area contributed by atoms with Crippen LogP contribution in [0.2, 0.25) is 0 Å². The van der Waals surface area contributed by atoms with Crippen molar-refractivity contribution in [2.45, 2.75) is 13.5 Å². The van der Waals surface area contributed by atoms with E-state index in [1.807, 2.05) is 0 Å². The van der Waals surface area contributed by atoms with Gasteiger partial charge < -0.3 is 5.32 Å². The quantitative estimate of drug-likeness (QED) is 0.947. The summed E-state index contributed by atoms with van der Waals surface area (Å²) >= 11 is 3.29. The van der Waals surface area contributed by atoms with E-state index in [1.165, 1.54) is 13.0 Å². The van der Waals surface area contributed by atoms with E-state index in [1.54, 1.807) is 29.1 Å². The normalized spacial score (nSPS) is 10.4. The third kappa shape index (κ3) is 2.95. The molecule has 0 saturated heterocycles. The van der Waals surface area contributed by atoms with Crippen LogP contribution in [0, 0.1) is 5.82 Å². The molecule has 4 nitrogen and oxygen atoms in total. The van der Waals surface area contributed by atoms with Crippen molar-refractivity contribution in [1.29, 1.82) is 0 Å². The number of hydrogen-bond donors (Lipinski definition) is 1. The Labute approximate surface area is 112 Å². The fourth-order valence-electron chi connectivity index (χ4n) is 1.53. The third-order valence-corrected chi connectivity index (χ3v) is 2.88. The molecule has 1 N–H and O–H groups in total. The van der Waals surface area contributed by atoms with Crippen molar-refractivity contribution >= 4 is 27.7 Å². The van der Waals surface area contributed by atoms with Crippen LogP contribution in [0.15, 0.2) is 34.9 Å². The molecule has 1 amide bonds.